The molecule has 1 aliphatic carbocycles. The first-order chi connectivity index (χ1) is 12.3. The number of hydrogen-bond donors (Lipinski definition) is 1. The third kappa shape index (κ3) is 3.37. The van der Waals surface area contributed by atoms with Crippen molar-refractivity contribution in [3.63, 3.8) is 0 Å². The van der Waals surface area contributed by atoms with Gasteiger partial charge in [-0.1, -0.05) is 0 Å². The number of aromatic carboxylic acids is 1. The lowest BCUT2D eigenvalue weighted by Gasteiger charge is -2.38. The zero-order valence-corrected chi connectivity index (χ0v) is 15.5. The van der Waals surface area contributed by atoms with Gasteiger partial charge in [0.05, 0.1) is 5.60 Å². The van der Waals surface area contributed by atoms with E-state index in [0.29, 0.717) is 38.5 Å². The molecule has 0 spiro atoms. The smallest absolute Gasteiger partial charge is 0.356 e. The fourth-order valence-corrected chi connectivity index (χ4v) is 4.25. The van der Waals surface area contributed by atoms with Crippen molar-refractivity contribution < 1.29 is 19.4 Å². The first-order valence-corrected chi connectivity index (χ1v) is 9.58. The predicted molar refractivity (Wildman–Crippen MR) is 93.8 cm³/mol. The van der Waals surface area contributed by atoms with Crippen LogP contribution in [0.1, 0.15) is 61.3 Å². The van der Waals surface area contributed by atoms with Gasteiger partial charge in [0.15, 0.2) is 5.69 Å². The summed E-state index contributed by atoms with van der Waals surface area (Å²) in [6.07, 6.45) is 4.52. The normalized spacial score (nSPS) is 25.0. The standard InChI is InChI=1S/C19H27N3O4/c1-19(2)9-13(6-8-26-19)17(23)21-7-5-15-14(11-21)16(18(24)25)20-22(15)10-12-3-4-12/h12-13H,3-11H2,1-2H3,(H,24,25)/t13-/m0/s1. The van der Waals surface area contributed by atoms with Crippen molar-refractivity contribution in [3.8, 4) is 0 Å². The molecule has 2 aliphatic heterocycles. The lowest BCUT2D eigenvalue weighted by atomic mass is 9.87. The van der Waals surface area contributed by atoms with E-state index in [-0.39, 0.29) is 23.1 Å². The molecule has 1 aromatic heterocycles. The Labute approximate surface area is 153 Å². The highest BCUT2D eigenvalue weighted by Crippen LogP contribution is 2.34. The summed E-state index contributed by atoms with van der Waals surface area (Å²) in [5.74, 6) is -0.296. The number of carbonyl (C=O) groups excluding carboxylic acids is 1. The van der Waals surface area contributed by atoms with E-state index >= 15 is 0 Å². The molecule has 26 heavy (non-hydrogen) atoms. The zero-order valence-electron chi connectivity index (χ0n) is 15.5. The Morgan fingerprint density at radius 3 is 2.73 bits per heavy atom. The van der Waals surface area contributed by atoms with Crippen molar-refractivity contribution in [2.24, 2.45) is 11.8 Å². The van der Waals surface area contributed by atoms with E-state index in [1.165, 1.54) is 12.8 Å². The lowest BCUT2D eigenvalue weighted by molar-refractivity contribution is -0.146. The predicted octanol–water partition coefficient (Wildman–Crippen LogP) is 2.08. The summed E-state index contributed by atoms with van der Waals surface area (Å²) in [7, 11) is 0. The van der Waals surface area contributed by atoms with Crippen LogP contribution in [0.15, 0.2) is 0 Å². The fourth-order valence-electron chi connectivity index (χ4n) is 4.25. The number of carboxylic acids is 1. The van der Waals surface area contributed by atoms with Gasteiger partial charge in [-0.05, 0) is 45.4 Å². The number of hydrogen-bond acceptors (Lipinski definition) is 4. The number of aromatic nitrogens is 2. The Hall–Kier alpha value is -1.89. The molecule has 7 nitrogen and oxygen atoms in total. The summed E-state index contributed by atoms with van der Waals surface area (Å²) in [5, 5.41) is 13.9. The Kier molecular flexibility index (Phi) is 4.29. The van der Waals surface area contributed by atoms with E-state index < -0.39 is 5.97 Å². The summed E-state index contributed by atoms with van der Waals surface area (Å²) < 4.78 is 7.61. The largest absolute Gasteiger partial charge is 0.476 e. The van der Waals surface area contributed by atoms with Gasteiger partial charge in [-0.3, -0.25) is 9.48 Å². The first-order valence-electron chi connectivity index (χ1n) is 9.58. The number of carbonyl (C=O) groups is 2. The Balaban J connectivity index is 1.54. The summed E-state index contributed by atoms with van der Waals surface area (Å²) in [6.45, 7) is 6.44. The van der Waals surface area contributed by atoms with Crippen molar-refractivity contribution in [1.82, 2.24) is 14.7 Å². The summed E-state index contributed by atoms with van der Waals surface area (Å²) >= 11 is 0. The highest BCUT2D eigenvalue weighted by molar-refractivity contribution is 5.88. The molecule has 0 aromatic carbocycles. The van der Waals surface area contributed by atoms with Gasteiger partial charge in [-0.15, -0.1) is 0 Å². The maximum Gasteiger partial charge on any atom is 0.356 e. The van der Waals surface area contributed by atoms with Crippen LogP contribution in [0.3, 0.4) is 0 Å². The second-order valence-corrected chi connectivity index (χ2v) is 8.51. The van der Waals surface area contributed by atoms with Gasteiger partial charge < -0.3 is 14.7 Å². The molecule has 0 radical (unpaired) electrons. The Morgan fingerprint density at radius 2 is 2.08 bits per heavy atom. The third-order valence-corrected chi connectivity index (χ3v) is 5.82. The van der Waals surface area contributed by atoms with Crippen LogP contribution in [-0.4, -0.2) is 50.4 Å². The summed E-state index contributed by atoms with van der Waals surface area (Å²) in [4.78, 5) is 26.5. The van der Waals surface area contributed by atoms with Gasteiger partial charge in [0.25, 0.3) is 0 Å². The number of ether oxygens (including phenoxy) is 1. The van der Waals surface area contributed by atoms with E-state index in [4.69, 9.17) is 4.74 Å². The van der Waals surface area contributed by atoms with Gasteiger partial charge >= 0.3 is 5.97 Å². The molecule has 1 aromatic rings. The molecule has 2 fully saturated rings. The van der Waals surface area contributed by atoms with Crippen LogP contribution >= 0.6 is 0 Å². The topological polar surface area (TPSA) is 84.7 Å². The van der Waals surface area contributed by atoms with E-state index in [1.54, 1.807) is 0 Å². The quantitative estimate of drug-likeness (QED) is 0.887. The van der Waals surface area contributed by atoms with Crippen molar-refractivity contribution in [3.05, 3.63) is 17.0 Å². The van der Waals surface area contributed by atoms with Crippen LogP contribution in [0.2, 0.25) is 0 Å². The van der Waals surface area contributed by atoms with E-state index in [1.807, 2.05) is 23.4 Å². The molecule has 4 rings (SSSR count). The van der Waals surface area contributed by atoms with E-state index in [9.17, 15) is 14.7 Å². The van der Waals surface area contributed by atoms with Crippen molar-refractivity contribution in [2.75, 3.05) is 13.2 Å². The monoisotopic (exact) mass is 361 g/mol. The summed E-state index contributed by atoms with van der Waals surface area (Å²) in [5.41, 5.74) is 1.57. The van der Waals surface area contributed by atoms with E-state index in [0.717, 1.165) is 24.2 Å². The lowest BCUT2D eigenvalue weighted by Crippen LogP contribution is -2.45. The molecule has 3 aliphatic rings. The molecule has 0 unspecified atom stereocenters. The van der Waals surface area contributed by atoms with Gasteiger partial charge in [-0.2, -0.15) is 5.10 Å². The molecule has 1 N–H and O–H groups in total. The van der Waals surface area contributed by atoms with Crippen LogP contribution in [0.5, 0.6) is 0 Å². The van der Waals surface area contributed by atoms with Crippen molar-refractivity contribution in [2.45, 2.75) is 64.6 Å². The minimum atomic E-state index is -1.00. The number of amides is 1. The second-order valence-electron chi connectivity index (χ2n) is 8.51. The SMILES string of the molecule is CC1(C)C[C@@H](C(=O)N2CCc3c(c(C(=O)O)nn3CC3CC3)C2)CCO1. The Morgan fingerprint density at radius 1 is 1.31 bits per heavy atom. The highest BCUT2D eigenvalue weighted by atomic mass is 16.5. The van der Waals surface area contributed by atoms with Crippen LogP contribution in [0, 0.1) is 11.8 Å². The van der Waals surface area contributed by atoms with Crippen LogP contribution in [0.4, 0.5) is 0 Å². The molecule has 1 saturated heterocycles. The van der Waals surface area contributed by atoms with Gasteiger partial charge in [0.1, 0.15) is 0 Å². The second kappa shape index (κ2) is 6.37. The molecule has 1 atom stereocenters. The van der Waals surface area contributed by atoms with Crippen molar-refractivity contribution in [1.29, 1.82) is 0 Å². The van der Waals surface area contributed by atoms with Crippen molar-refractivity contribution >= 4 is 11.9 Å². The number of fused-ring (bicyclic) bond motifs is 1. The average molecular weight is 361 g/mol. The fraction of sp³-hybridized carbons (Fsp3) is 0.737. The molecular weight excluding hydrogens is 334 g/mol. The van der Waals surface area contributed by atoms with Gasteiger partial charge in [0.2, 0.25) is 5.91 Å². The molecule has 142 valence electrons. The number of rotatable bonds is 4. The minimum absolute atomic E-state index is 0.0462. The number of nitrogens with zero attached hydrogens (tertiary/aromatic N) is 3. The zero-order chi connectivity index (χ0) is 18.5. The van der Waals surface area contributed by atoms with Crippen LogP contribution in [-0.2, 0) is 29.0 Å². The van der Waals surface area contributed by atoms with Crippen LogP contribution < -0.4 is 0 Å². The van der Waals surface area contributed by atoms with E-state index in [2.05, 4.69) is 5.10 Å². The number of carboxylic acid groups (broad SMARTS) is 1. The maximum atomic E-state index is 13.0. The van der Waals surface area contributed by atoms with Gasteiger partial charge in [-0.25, -0.2) is 4.79 Å². The maximum absolute atomic E-state index is 13.0. The first kappa shape index (κ1) is 17.5. The highest BCUT2D eigenvalue weighted by Gasteiger charge is 2.38. The molecule has 1 amide bonds. The van der Waals surface area contributed by atoms with Crippen LogP contribution in [0.25, 0.3) is 0 Å². The third-order valence-electron chi connectivity index (χ3n) is 5.82. The molecule has 3 heterocycles. The Bertz CT molecular complexity index is 735. The molecular formula is C19H27N3O4. The molecule has 0 bridgehead atoms. The molecule has 1 saturated carbocycles. The van der Waals surface area contributed by atoms with Gasteiger partial charge in [0, 0.05) is 49.8 Å². The minimum Gasteiger partial charge on any atom is -0.476 e. The average Bonchev–Trinajstić information content (AvgIpc) is 3.33. The summed E-state index contributed by atoms with van der Waals surface area (Å²) in [6, 6.07) is 0. The molecule has 7 heteroatoms.